The van der Waals surface area contributed by atoms with Crippen molar-refractivity contribution in [3.63, 3.8) is 0 Å². The van der Waals surface area contributed by atoms with Gasteiger partial charge in [0.25, 0.3) is 0 Å². The molecule has 40 heavy (non-hydrogen) atoms. The van der Waals surface area contributed by atoms with Crippen molar-refractivity contribution < 1.29 is 32.3 Å². The fourth-order valence-electron chi connectivity index (χ4n) is 5.38. The Labute approximate surface area is 230 Å². The van der Waals surface area contributed by atoms with E-state index >= 15 is 0 Å². The molecule has 9 heteroatoms. The first-order valence-corrected chi connectivity index (χ1v) is 13.4. The van der Waals surface area contributed by atoms with Crippen molar-refractivity contribution in [3.8, 4) is 0 Å². The van der Waals surface area contributed by atoms with Crippen LogP contribution in [-0.2, 0) is 29.4 Å². The Morgan fingerprint density at radius 1 is 0.850 bits per heavy atom. The molecule has 0 aliphatic heterocycles. The molecule has 0 aromatic heterocycles. The molecular formula is C31H32F4N2O3. The van der Waals surface area contributed by atoms with E-state index in [4.69, 9.17) is 5.11 Å². The smallest absolute Gasteiger partial charge is 0.416 e. The van der Waals surface area contributed by atoms with Gasteiger partial charge in [-0.2, -0.15) is 13.2 Å². The molecule has 4 rings (SSSR count). The number of carbonyl (C=O) groups is 2. The SMILES string of the molecule is O=C(O)CCCc1cccc(C(Cc2ccccc2)(NC(=O)NC2CCCC2)c2cc(F)cc(C(F)(F)F)c2)c1. The van der Waals surface area contributed by atoms with Crippen LogP contribution in [0.1, 0.15) is 66.3 Å². The number of nitrogens with one attached hydrogen (secondary N) is 2. The van der Waals surface area contributed by atoms with Crippen LogP contribution < -0.4 is 10.6 Å². The summed E-state index contributed by atoms with van der Waals surface area (Å²) in [6.07, 6.45) is -0.488. The minimum absolute atomic E-state index is 0.0414. The molecule has 0 heterocycles. The molecule has 3 aromatic rings. The fraction of sp³-hybridized carbons (Fsp3) is 0.355. The van der Waals surface area contributed by atoms with Crippen molar-refractivity contribution in [1.82, 2.24) is 10.6 Å². The summed E-state index contributed by atoms with van der Waals surface area (Å²) >= 11 is 0. The number of hydrogen-bond donors (Lipinski definition) is 3. The standard InChI is InChI=1S/C31H32F4N2O3/c32-26-18-24(17-25(19-26)31(33,34)35)30(20-22-8-2-1-3-9-22,37-29(40)36-27-13-4-5-14-27)23-12-6-10-21(16-23)11-7-15-28(38)39/h1-3,6,8-10,12,16-19,27H,4-5,7,11,13-15,20H2,(H,38,39)(H2,36,37,40). The number of halogens is 4. The van der Waals surface area contributed by atoms with Crippen molar-refractivity contribution in [2.45, 2.75) is 69.1 Å². The summed E-state index contributed by atoms with van der Waals surface area (Å²) in [4.78, 5) is 24.5. The van der Waals surface area contributed by atoms with Gasteiger partial charge in [-0.25, -0.2) is 9.18 Å². The zero-order valence-electron chi connectivity index (χ0n) is 21.9. The summed E-state index contributed by atoms with van der Waals surface area (Å²) in [5.74, 6) is -2.00. The maximum Gasteiger partial charge on any atom is 0.416 e. The van der Waals surface area contributed by atoms with Gasteiger partial charge in [0.2, 0.25) is 0 Å². The number of benzene rings is 3. The molecule has 0 radical (unpaired) electrons. The fourth-order valence-corrected chi connectivity index (χ4v) is 5.38. The van der Waals surface area contributed by atoms with Crippen LogP contribution in [0.25, 0.3) is 0 Å². The van der Waals surface area contributed by atoms with E-state index in [1.54, 1.807) is 54.6 Å². The van der Waals surface area contributed by atoms with E-state index in [0.717, 1.165) is 48.9 Å². The van der Waals surface area contributed by atoms with E-state index in [1.807, 2.05) is 0 Å². The number of carboxylic acid groups (broad SMARTS) is 1. The summed E-state index contributed by atoms with van der Waals surface area (Å²) in [6.45, 7) is 0. The number of carbonyl (C=O) groups excluding carboxylic acids is 1. The number of urea groups is 1. The minimum Gasteiger partial charge on any atom is -0.481 e. The Morgan fingerprint density at radius 3 is 2.20 bits per heavy atom. The molecular weight excluding hydrogens is 524 g/mol. The van der Waals surface area contributed by atoms with Crippen molar-refractivity contribution in [2.75, 3.05) is 0 Å². The summed E-state index contributed by atoms with van der Waals surface area (Å²) < 4.78 is 56.4. The number of aryl methyl sites for hydroxylation is 1. The largest absolute Gasteiger partial charge is 0.481 e. The van der Waals surface area contributed by atoms with Gasteiger partial charge in [-0.05, 0) is 66.1 Å². The van der Waals surface area contributed by atoms with Crippen LogP contribution in [0, 0.1) is 5.82 Å². The molecule has 1 atom stereocenters. The van der Waals surface area contributed by atoms with Crippen LogP contribution in [0.15, 0.2) is 72.8 Å². The quantitative estimate of drug-likeness (QED) is 0.236. The van der Waals surface area contributed by atoms with E-state index < -0.39 is 35.1 Å². The molecule has 1 saturated carbocycles. The molecule has 0 bridgehead atoms. The van der Waals surface area contributed by atoms with Gasteiger partial charge in [0, 0.05) is 18.9 Å². The summed E-state index contributed by atoms with van der Waals surface area (Å²) in [6, 6.07) is 17.7. The molecule has 1 fully saturated rings. The van der Waals surface area contributed by atoms with Crippen molar-refractivity contribution in [3.05, 3.63) is 106 Å². The molecule has 0 saturated heterocycles. The second-order valence-electron chi connectivity index (χ2n) is 10.3. The first kappa shape index (κ1) is 29.1. The highest BCUT2D eigenvalue weighted by molar-refractivity contribution is 5.76. The monoisotopic (exact) mass is 556 g/mol. The summed E-state index contributed by atoms with van der Waals surface area (Å²) in [7, 11) is 0. The van der Waals surface area contributed by atoms with Crippen LogP contribution >= 0.6 is 0 Å². The van der Waals surface area contributed by atoms with Gasteiger partial charge in [0.1, 0.15) is 5.82 Å². The Hall–Kier alpha value is -3.88. The van der Waals surface area contributed by atoms with Gasteiger partial charge >= 0.3 is 18.2 Å². The third kappa shape index (κ3) is 7.40. The number of rotatable bonds is 10. The maximum atomic E-state index is 14.8. The average Bonchev–Trinajstić information content (AvgIpc) is 3.41. The molecule has 3 aromatic carbocycles. The van der Waals surface area contributed by atoms with Crippen molar-refractivity contribution >= 4 is 12.0 Å². The zero-order valence-corrected chi connectivity index (χ0v) is 21.9. The highest BCUT2D eigenvalue weighted by Crippen LogP contribution is 2.38. The van der Waals surface area contributed by atoms with Crippen LogP contribution in [0.3, 0.4) is 0 Å². The van der Waals surface area contributed by atoms with E-state index in [0.29, 0.717) is 24.5 Å². The lowest BCUT2D eigenvalue weighted by Crippen LogP contribution is -2.53. The maximum absolute atomic E-state index is 14.8. The highest BCUT2D eigenvalue weighted by Gasteiger charge is 2.40. The number of carboxylic acids is 1. The van der Waals surface area contributed by atoms with Crippen molar-refractivity contribution in [1.29, 1.82) is 0 Å². The van der Waals surface area contributed by atoms with E-state index in [1.165, 1.54) is 0 Å². The van der Waals surface area contributed by atoms with Crippen LogP contribution in [0.4, 0.5) is 22.4 Å². The van der Waals surface area contributed by atoms with E-state index in [2.05, 4.69) is 10.6 Å². The number of hydrogen-bond acceptors (Lipinski definition) is 2. The minimum atomic E-state index is -4.81. The van der Waals surface area contributed by atoms with Crippen molar-refractivity contribution in [2.24, 2.45) is 0 Å². The number of amides is 2. The normalized spacial score (nSPS) is 15.4. The first-order chi connectivity index (χ1) is 19.0. The molecule has 1 unspecified atom stereocenters. The number of aliphatic carboxylic acids is 1. The van der Waals surface area contributed by atoms with E-state index in [-0.39, 0.29) is 24.4 Å². The lowest BCUT2D eigenvalue weighted by Gasteiger charge is -2.37. The molecule has 5 nitrogen and oxygen atoms in total. The van der Waals surface area contributed by atoms with Crippen LogP contribution in [0.2, 0.25) is 0 Å². The molecule has 3 N–H and O–H groups in total. The summed E-state index contributed by atoms with van der Waals surface area (Å²) in [5.41, 5.74) is -0.845. The van der Waals surface area contributed by atoms with Gasteiger partial charge < -0.3 is 15.7 Å². The third-order valence-electron chi connectivity index (χ3n) is 7.32. The van der Waals surface area contributed by atoms with Gasteiger partial charge in [-0.1, -0.05) is 67.4 Å². The second-order valence-corrected chi connectivity index (χ2v) is 10.3. The molecule has 212 valence electrons. The molecule has 0 spiro atoms. The van der Waals surface area contributed by atoms with Gasteiger partial charge in [-0.3, -0.25) is 4.79 Å². The highest BCUT2D eigenvalue weighted by atomic mass is 19.4. The predicted molar refractivity (Wildman–Crippen MR) is 143 cm³/mol. The first-order valence-electron chi connectivity index (χ1n) is 13.4. The molecule has 1 aliphatic rings. The third-order valence-corrected chi connectivity index (χ3v) is 7.32. The van der Waals surface area contributed by atoms with Gasteiger partial charge in [0.05, 0.1) is 11.1 Å². The second kappa shape index (κ2) is 12.5. The lowest BCUT2D eigenvalue weighted by atomic mass is 9.76. The zero-order chi connectivity index (χ0) is 28.8. The van der Waals surface area contributed by atoms with Crippen LogP contribution in [-0.4, -0.2) is 23.1 Å². The van der Waals surface area contributed by atoms with Gasteiger partial charge in [-0.15, -0.1) is 0 Å². The topological polar surface area (TPSA) is 78.4 Å². The van der Waals surface area contributed by atoms with E-state index in [9.17, 15) is 27.2 Å². The summed E-state index contributed by atoms with van der Waals surface area (Å²) in [5, 5.41) is 15.0. The van der Waals surface area contributed by atoms with Crippen LogP contribution in [0.5, 0.6) is 0 Å². The Kier molecular flexibility index (Phi) is 9.12. The Balaban J connectivity index is 1.87. The number of alkyl halides is 3. The Bertz CT molecular complexity index is 1320. The molecule has 1 aliphatic carbocycles. The lowest BCUT2D eigenvalue weighted by molar-refractivity contribution is -0.138. The Morgan fingerprint density at radius 2 is 1.52 bits per heavy atom. The average molecular weight is 557 g/mol. The van der Waals surface area contributed by atoms with Gasteiger partial charge in [0.15, 0.2) is 0 Å². The predicted octanol–water partition coefficient (Wildman–Crippen LogP) is 6.98. The molecule has 2 amide bonds.